The van der Waals surface area contributed by atoms with Crippen molar-refractivity contribution in [2.45, 2.75) is 25.0 Å². The molecule has 2 aliphatic heterocycles. The van der Waals surface area contributed by atoms with Gasteiger partial charge in [-0.05, 0) is 18.6 Å². The average molecular weight is 437 g/mol. The Kier molecular flexibility index (Phi) is 9.29. The molecule has 0 spiro atoms. The number of nitrogens with zero attached hydrogens (tertiary/aromatic N) is 1. The van der Waals surface area contributed by atoms with Gasteiger partial charge in [0.15, 0.2) is 11.5 Å². The van der Waals surface area contributed by atoms with Crippen LogP contribution in [0.25, 0.3) is 0 Å². The molecule has 3 N–H and O–H groups in total. The fourth-order valence-corrected chi connectivity index (χ4v) is 3.27. The number of carbonyl (C=O) groups excluding carboxylic acids is 1. The van der Waals surface area contributed by atoms with E-state index in [0.717, 1.165) is 31.0 Å². The quantitative estimate of drug-likeness (QED) is 0.432. The standard InChI is InChI=1S/C17H23NO5.C4H4O4/c1-21-17(20)13-10-18(9-7-14(13)19)8-6-12-11-22-15-4-2-3-5-16(15)23-12;5-3(6)1-2-4(7)8/h2-5,12-14,19H,6-11H2,1H3;1-2H,(H,5,6)(H,7,8)/b;2-1+/t12?,13-,14-;/m0./s1. The zero-order valence-corrected chi connectivity index (χ0v) is 17.2. The Bertz CT molecular complexity index is 779. The van der Waals surface area contributed by atoms with E-state index in [1.807, 2.05) is 24.3 Å². The van der Waals surface area contributed by atoms with Crippen molar-refractivity contribution in [2.24, 2.45) is 5.92 Å². The molecule has 1 saturated heterocycles. The van der Waals surface area contributed by atoms with Crippen molar-refractivity contribution >= 4 is 17.9 Å². The molecular weight excluding hydrogens is 410 g/mol. The summed E-state index contributed by atoms with van der Waals surface area (Å²) in [7, 11) is 1.36. The smallest absolute Gasteiger partial charge is 0.328 e. The van der Waals surface area contributed by atoms with Crippen molar-refractivity contribution in [3.63, 3.8) is 0 Å². The summed E-state index contributed by atoms with van der Waals surface area (Å²) < 4.78 is 16.4. The lowest BCUT2D eigenvalue weighted by Gasteiger charge is -2.35. The van der Waals surface area contributed by atoms with Gasteiger partial charge in [-0.3, -0.25) is 4.79 Å². The number of carbonyl (C=O) groups is 3. The van der Waals surface area contributed by atoms with Crippen molar-refractivity contribution in [3.05, 3.63) is 36.4 Å². The number of para-hydroxylation sites is 2. The van der Waals surface area contributed by atoms with Crippen LogP contribution in [0.1, 0.15) is 12.8 Å². The highest BCUT2D eigenvalue weighted by Crippen LogP contribution is 2.31. The van der Waals surface area contributed by atoms with Crippen molar-refractivity contribution in [3.8, 4) is 11.5 Å². The van der Waals surface area contributed by atoms with Gasteiger partial charge in [-0.2, -0.15) is 0 Å². The Morgan fingerprint density at radius 3 is 2.42 bits per heavy atom. The number of carboxylic acids is 2. The maximum absolute atomic E-state index is 11.7. The number of likely N-dealkylation sites (tertiary alicyclic amines) is 1. The zero-order chi connectivity index (χ0) is 22.8. The zero-order valence-electron chi connectivity index (χ0n) is 17.2. The molecule has 170 valence electrons. The predicted molar refractivity (Wildman–Crippen MR) is 108 cm³/mol. The van der Waals surface area contributed by atoms with E-state index in [1.165, 1.54) is 7.11 Å². The number of aliphatic carboxylic acids is 2. The fourth-order valence-electron chi connectivity index (χ4n) is 3.27. The number of methoxy groups -OCH3 is 1. The molecule has 0 amide bonds. The molecular formula is C21H27NO9. The van der Waals surface area contributed by atoms with E-state index in [2.05, 4.69) is 4.90 Å². The molecule has 2 aliphatic rings. The molecule has 1 fully saturated rings. The highest BCUT2D eigenvalue weighted by molar-refractivity contribution is 5.89. The van der Waals surface area contributed by atoms with Crippen molar-refractivity contribution in [2.75, 3.05) is 33.4 Å². The van der Waals surface area contributed by atoms with Crippen LogP contribution in [0.3, 0.4) is 0 Å². The third-order valence-corrected chi connectivity index (χ3v) is 4.87. The Hall–Kier alpha value is -3.11. The van der Waals surface area contributed by atoms with E-state index in [9.17, 15) is 19.5 Å². The average Bonchev–Trinajstić information content (AvgIpc) is 2.77. The lowest BCUT2D eigenvalue weighted by molar-refractivity contribution is -0.152. The minimum Gasteiger partial charge on any atom is -0.486 e. The molecule has 10 heteroatoms. The molecule has 1 aromatic carbocycles. The number of esters is 1. The largest absolute Gasteiger partial charge is 0.486 e. The number of benzene rings is 1. The van der Waals surface area contributed by atoms with Crippen LogP contribution in [-0.4, -0.2) is 83.7 Å². The van der Waals surface area contributed by atoms with Crippen LogP contribution in [0.4, 0.5) is 0 Å². The third kappa shape index (κ3) is 7.91. The minimum absolute atomic E-state index is 0.00771. The summed E-state index contributed by atoms with van der Waals surface area (Å²) in [4.78, 5) is 33.0. The van der Waals surface area contributed by atoms with Gasteiger partial charge in [0.1, 0.15) is 12.7 Å². The van der Waals surface area contributed by atoms with Crippen molar-refractivity contribution < 1.29 is 43.9 Å². The van der Waals surface area contributed by atoms with Crippen LogP contribution in [0.5, 0.6) is 11.5 Å². The Morgan fingerprint density at radius 2 is 1.81 bits per heavy atom. The molecule has 31 heavy (non-hydrogen) atoms. The lowest BCUT2D eigenvalue weighted by atomic mass is 9.94. The van der Waals surface area contributed by atoms with E-state index >= 15 is 0 Å². The van der Waals surface area contributed by atoms with Crippen LogP contribution in [0.2, 0.25) is 0 Å². The second-order valence-corrected chi connectivity index (χ2v) is 7.08. The Labute approximate surface area is 179 Å². The maximum Gasteiger partial charge on any atom is 0.328 e. The first-order valence-electron chi connectivity index (χ1n) is 9.80. The van der Waals surface area contributed by atoms with Crippen LogP contribution in [0, 0.1) is 5.92 Å². The van der Waals surface area contributed by atoms with Gasteiger partial charge in [0.25, 0.3) is 0 Å². The number of hydrogen-bond acceptors (Lipinski definition) is 8. The summed E-state index contributed by atoms with van der Waals surface area (Å²) in [6.07, 6.45) is 1.92. The van der Waals surface area contributed by atoms with Crippen molar-refractivity contribution in [1.82, 2.24) is 4.90 Å². The van der Waals surface area contributed by atoms with Gasteiger partial charge in [0, 0.05) is 38.2 Å². The molecule has 3 rings (SSSR count). The summed E-state index contributed by atoms with van der Waals surface area (Å²) >= 11 is 0. The highest BCUT2D eigenvalue weighted by Gasteiger charge is 2.34. The molecule has 0 radical (unpaired) electrons. The second kappa shape index (κ2) is 11.9. The normalized spacial score (nSPS) is 22.8. The number of ether oxygens (including phenoxy) is 3. The first-order chi connectivity index (χ1) is 14.8. The Balaban J connectivity index is 0.000000366. The molecule has 0 aromatic heterocycles. The van der Waals surface area contributed by atoms with Gasteiger partial charge >= 0.3 is 17.9 Å². The van der Waals surface area contributed by atoms with Crippen LogP contribution in [-0.2, 0) is 19.1 Å². The van der Waals surface area contributed by atoms with E-state index in [0.29, 0.717) is 31.7 Å². The summed E-state index contributed by atoms with van der Waals surface area (Å²) in [6, 6.07) is 7.66. The van der Waals surface area contributed by atoms with Gasteiger partial charge in [-0.25, -0.2) is 9.59 Å². The molecule has 1 aromatic rings. The summed E-state index contributed by atoms with van der Waals surface area (Å²) in [6.45, 7) is 2.64. The fraction of sp³-hybridized carbons (Fsp3) is 0.476. The molecule has 1 unspecified atom stereocenters. The predicted octanol–water partition coefficient (Wildman–Crippen LogP) is 0.784. The van der Waals surface area contributed by atoms with E-state index in [1.54, 1.807) is 0 Å². The van der Waals surface area contributed by atoms with E-state index < -0.39 is 24.0 Å². The molecule has 0 aliphatic carbocycles. The Morgan fingerprint density at radius 1 is 1.16 bits per heavy atom. The highest BCUT2D eigenvalue weighted by atomic mass is 16.6. The number of hydrogen-bond donors (Lipinski definition) is 3. The van der Waals surface area contributed by atoms with Crippen LogP contribution >= 0.6 is 0 Å². The van der Waals surface area contributed by atoms with Gasteiger partial charge in [0.05, 0.1) is 19.1 Å². The number of aliphatic hydroxyl groups is 1. The first kappa shape index (κ1) is 24.2. The minimum atomic E-state index is -1.26. The summed E-state index contributed by atoms with van der Waals surface area (Å²) in [5.74, 6) is -1.74. The molecule has 2 heterocycles. The van der Waals surface area contributed by atoms with Gasteiger partial charge < -0.3 is 34.4 Å². The monoisotopic (exact) mass is 437 g/mol. The summed E-state index contributed by atoms with van der Waals surface area (Å²) in [5, 5.41) is 25.6. The van der Waals surface area contributed by atoms with Crippen LogP contribution < -0.4 is 9.47 Å². The molecule has 0 saturated carbocycles. The molecule has 10 nitrogen and oxygen atoms in total. The third-order valence-electron chi connectivity index (χ3n) is 4.87. The lowest BCUT2D eigenvalue weighted by Crippen LogP contribution is -2.48. The van der Waals surface area contributed by atoms with E-state index in [4.69, 9.17) is 24.4 Å². The number of fused-ring (bicyclic) bond motifs is 1. The topological polar surface area (TPSA) is 143 Å². The number of aliphatic hydroxyl groups excluding tert-OH is 1. The second-order valence-electron chi connectivity index (χ2n) is 7.08. The number of carboxylic acid groups (broad SMARTS) is 2. The maximum atomic E-state index is 11.7. The van der Waals surface area contributed by atoms with Gasteiger partial charge in [-0.15, -0.1) is 0 Å². The first-order valence-corrected chi connectivity index (χ1v) is 9.80. The van der Waals surface area contributed by atoms with E-state index in [-0.39, 0.29) is 12.1 Å². The molecule has 3 atom stereocenters. The summed E-state index contributed by atoms with van der Waals surface area (Å²) in [5.41, 5.74) is 0. The van der Waals surface area contributed by atoms with Crippen molar-refractivity contribution in [1.29, 1.82) is 0 Å². The number of piperidine rings is 1. The van der Waals surface area contributed by atoms with Gasteiger partial charge in [-0.1, -0.05) is 12.1 Å². The SMILES string of the molecule is COC(=O)[C@H]1CN(CCC2COc3ccccc3O2)CC[C@@H]1O.O=C(O)/C=C/C(=O)O. The van der Waals surface area contributed by atoms with Gasteiger partial charge in [0.2, 0.25) is 0 Å². The molecule has 0 bridgehead atoms. The number of rotatable bonds is 6. The van der Waals surface area contributed by atoms with Crippen LogP contribution in [0.15, 0.2) is 36.4 Å².